The first-order valence-electron chi connectivity index (χ1n) is 11.4. The third-order valence-corrected chi connectivity index (χ3v) is 7.58. The lowest BCUT2D eigenvalue weighted by atomic mass is 10.0. The van der Waals surface area contributed by atoms with Crippen LogP contribution in [0.5, 0.6) is 0 Å². The molecule has 194 valence electrons. The lowest BCUT2D eigenvalue weighted by Gasteiger charge is -2.20. The molecule has 3 amide bonds. The van der Waals surface area contributed by atoms with E-state index in [0.29, 0.717) is 5.56 Å². The van der Waals surface area contributed by atoms with Gasteiger partial charge in [-0.15, -0.1) is 0 Å². The first-order valence-corrected chi connectivity index (χ1v) is 14.0. The van der Waals surface area contributed by atoms with Crippen molar-refractivity contribution in [3.05, 3.63) is 77.4 Å². The van der Waals surface area contributed by atoms with E-state index in [1.807, 2.05) is 0 Å². The first-order chi connectivity index (χ1) is 17.4. The van der Waals surface area contributed by atoms with E-state index in [2.05, 4.69) is 10.6 Å². The Balaban J connectivity index is 1.55. The molecule has 1 aliphatic heterocycles. The molecule has 1 fully saturated rings. The third-order valence-electron chi connectivity index (χ3n) is 6.05. The van der Waals surface area contributed by atoms with Crippen LogP contribution in [0, 0.1) is 30.2 Å². The molecule has 4 rings (SSSR count). The van der Waals surface area contributed by atoms with E-state index in [1.54, 1.807) is 13.0 Å². The summed E-state index contributed by atoms with van der Waals surface area (Å²) in [5.74, 6) is -4.77. The summed E-state index contributed by atoms with van der Waals surface area (Å²) in [5.41, 5.74) is -0.0920. The fourth-order valence-electron chi connectivity index (χ4n) is 4.33. The predicted octanol–water partition coefficient (Wildman–Crippen LogP) is 5.39. The number of carbonyl (C=O) groups excluding carboxylic acids is 2. The zero-order chi connectivity index (χ0) is 27.1. The van der Waals surface area contributed by atoms with Gasteiger partial charge >= 0.3 is 6.03 Å². The van der Waals surface area contributed by atoms with Crippen LogP contribution >= 0.6 is 7.14 Å². The quantitative estimate of drug-likeness (QED) is 0.341. The van der Waals surface area contributed by atoms with Gasteiger partial charge in [0.05, 0.1) is 16.7 Å². The van der Waals surface area contributed by atoms with E-state index in [-0.39, 0.29) is 40.8 Å². The average Bonchev–Trinajstić information content (AvgIpc) is 3.16. The highest BCUT2D eigenvalue weighted by Gasteiger charge is 2.36. The molecule has 0 bridgehead atoms. The van der Waals surface area contributed by atoms with Crippen LogP contribution in [0.25, 0.3) is 11.1 Å². The number of benzene rings is 3. The van der Waals surface area contributed by atoms with Crippen LogP contribution in [0.3, 0.4) is 0 Å². The molecule has 3 aromatic carbocycles. The largest absolute Gasteiger partial charge is 0.326 e. The summed E-state index contributed by atoms with van der Waals surface area (Å²) in [7, 11) is -3.19. The number of anilines is 2. The second-order valence-corrected chi connectivity index (χ2v) is 12.3. The highest BCUT2D eigenvalue weighted by atomic mass is 31.2. The van der Waals surface area contributed by atoms with Crippen LogP contribution in [-0.2, 0) is 9.36 Å². The number of hydrogen-bond acceptors (Lipinski definition) is 3. The van der Waals surface area contributed by atoms with Gasteiger partial charge in [-0.25, -0.2) is 22.4 Å². The van der Waals surface area contributed by atoms with Crippen LogP contribution in [0.1, 0.15) is 12.0 Å². The van der Waals surface area contributed by atoms with E-state index in [1.165, 1.54) is 49.7 Å². The van der Waals surface area contributed by atoms with E-state index < -0.39 is 48.4 Å². The summed E-state index contributed by atoms with van der Waals surface area (Å²) in [5, 5.41) is 4.55. The van der Waals surface area contributed by atoms with Gasteiger partial charge in [0, 0.05) is 12.1 Å². The van der Waals surface area contributed by atoms with Crippen molar-refractivity contribution in [1.82, 2.24) is 5.32 Å². The number of nitrogens with one attached hydrogen (secondary N) is 2. The highest BCUT2D eigenvalue weighted by Crippen LogP contribution is 2.41. The van der Waals surface area contributed by atoms with Gasteiger partial charge in [-0.1, -0.05) is 18.2 Å². The molecule has 37 heavy (non-hydrogen) atoms. The topological polar surface area (TPSA) is 78.5 Å². The van der Waals surface area contributed by atoms with Crippen molar-refractivity contribution < 1.29 is 31.7 Å². The Morgan fingerprint density at radius 1 is 0.973 bits per heavy atom. The number of urea groups is 1. The molecule has 1 aliphatic rings. The Labute approximate surface area is 211 Å². The van der Waals surface area contributed by atoms with Gasteiger partial charge < -0.3 is 20.1 Å². The Morgan fingerprint density at radius 2 is 1.70 bits per heavy atom. The molecule has 0 aliphatic carbocycles. The number of hydrogen-bond donors (Lipinski definition) is 2. The summed E-state index contributed by atoms with van der Waals surface area (Å²) in [6.45, 7) is 4.34. The number of aryl methyl sites for hydroxylation is 1. The summed E-state index contributed by atoms with van der Waals surface area (Å²) in [6.07, 6.45) is 0.105. The molecule has 11 heteroatoms. The van der Waals surface area contributed by atoms with Crippen LogP contribution in [0.2, 0.25) is 0 Å². The molecule has 0 aromatic heterocycles. The minimum atomic E-state index is -3.19. The molecule has 1 atom stereocenters. The van der Waals surface area contributed by atoms with Crippen molar-refractivity contribution in [1.29, 1.82) is 0 Å². The third kappa shape index (κ3) is 5.25. The second-order valence-electron chi connectivity index (χ2n) is 9.16. The molecule has 0 radical (unpaired) electrons. The smallest absolute Gasteiger partial charge is 0.319 e. The van der Waals surface area contributed by atoms with Crippen molar-refractivity contribution in [2.75, 3.05) is 30.1 Å². The molecule has 3 aromatic rings. The summed E-state index contributed by atoms with van der Waals surface area (Å²) in [4.78, 5) is 26.2. The monoisotopic (exact) mass is 533 g/mol. The maximum Gasteiger partial charge on any atom is 0.319 e. The normalized spacial score (nSPS) is 15.7. The molecule has 1 saturated heterocycles. The van der Waals surface area contributed by atoms with Crippen molar-refractivity contribution in [3.63, 3.8) is 0 Å². The lowest BCUT2D eigenvalue weighted by Crippen LogP contribution is -2.43. The first kappa shape index (κ1) is 26.4. The van der Waals surface area contributed by atoms with Gasteiger partial charge in [0.15, 0.2) is 11.6 Å². The number of nitrogens with zero attached hydrogens (tertiary/aromatic N) is 1. The summed E-state index contributed by atoms with van der Waals surface area (Å²) in [6, 6.07) is 8.50. The van der Waals surface area contributed by atoms with E-state index in [0.717, 1.165) is 11.0 Å². The molecule has 0 spiro atoms. The van der Waals surface area contributed by atoms with Crippen LogP contribution in [0.15, 0.2) is 48.5 Å². The standard InChI is InChI=1S/C26H24F4N3O3P/c1-14-7-9-19(18(28)13-14)31-26(35)32-20-11-12-33(25(20)34)21-10-8-15(22(29)23(21)30)16-5-4-6-17(27)24(16)37(2,3)36/h4-10,13,20H,11-12H2,1-3H3,(H2,31,32,35)/t20-/m1/s1. The van der Waals surface area contributed by atoms with Crippen LogP contribution < -0.4 is 20.8 Å². The minimum absolute atomic E-state index is 0.0112. The fraction of sp³-hybridized carbons (Fsp3) is 0.231. The van der Waals surface area contributed by atoms with Crippen molar-refractivity contribution in [3.8, 4) is 11.1 Å². The Hall–Kier alpha value is -3.65. The number of carbonyl (C=O) groups is 2. The Bertz CT molecular complexity index is 1460. The van der Waals surface area contributed by atoms with E-state index in [4.69, 9.17) is 0 Å². The lowest BCUT2D eigenvalue weighted by molar-refractivity contribution is -0.118. The Morgan fingerprint density at radius 3 is 2.38 bits per heavy atom. The zero-order valence-electron chi connectivity index (χ0n) is 20.2. The maximum absolute atomic E-state index is 15.2. The highest BCUT2D eigenvalue weighted by molar-refractivity contribution is 7.70. The van der Waals surface area contributed by atoms with Gasteiger partial charge in [0.1, 0.15) is 24.8 Å². The van der Waals surface area contributed by atoms with Crippen LogP contribution in [0.4, 0.5) is 33.7 Å². The maximum atomic E-state index is 15.2. The molecular formula is C26H24F4N3O3P. The van der Waals surface area contributed by atoms with Crippen LogP contribution in [-0.4, -0.2) is 37.9 Å². The van der Waals surface area contributed by atoms with Crippen molar-refractivity contribution in [2.24, 2.45) is 0 Å². The molecule has 0 saturated carbocycles. The second kappa shape index (κ2) is 10.0. The zero-order valence-corrected chi connectivity index (χ0v) is 21.1. The van der Waals surface area contributed by atoms with Gasteiger partial charge in [-0.2, -0.15) is 0 Å². The summed E-state index contributed by atoms with van der Waals surface area (Å²) >= 11 is 0. The minimum Gasteiger partial charge on any atom is -0.326 e. The molecule has 0 unspecified atom stereocenters. The van der Waals surface area contributed by atoms with Gasteiger partial charge in [-0.3, -0.25) is 4.79 Å². The molecular weight excluding hydrogens is 509 g/mol. The molecule has 6 nitrogen and oxygen atoms in total. The van der Waals surface area contributed by atoms with Gasteiger partial charge in [0.2, 0.25) is 5.91 Å². The van der Waals surface area contributed by atoms with Crippen molar-refractivity contribution >= 4 is 35.8 Å². The molecule has 1 heterocycles. The Kier molecular flexibility index (Phi) is 7.15. The number of rotatable bonds is 5. The predicted molar refractivity (Wildman–Crippen MR) is 135 cm³/mol. The van der Waals surface area contributed by atoms with Gasteiger partial charge in [-0.05, 0) is 68.1 Å². The van der Waals surface area contributed by atoms with E-state index >= 15 is 8.78 Å². The number of amides is 3. The SMILES string of the molecule is Cc1ccc(NC(=O)N[C@@H]2CCN(c3ccc(-c4cccc(F)c4P(C)(C)=O)c(F)c3F)C2=O)c(F)c1. The summed E-state index contributed by atoms with van der Waals surface area (Å²) < 4.78 is 71.5. The average molecular weight is 533 g/mol. The van der Waals surface area contributed by atoms with Gasteiger partial charge in [0.25, 0.3) is 0 Å². The molecule has 2 N–H and O–H groups in total. The van der Waals surface area contributed by atoms with E-state index in [9.17, 15) is 22.9 Å². The fourth-order valence-corrected chi connectivity index (χ4v) is 5.69. The van der Waals surface area contributed by atoms with Crippen molar-refractivity contribution in [2.45, 2.75) is 19.4 Å². The number of halogens is 4.